The van der Waals surface area contributed by atoms with Gasteiger partial charge in [-0.25, -0.2) is 9.94 Å². The minimum atomic E-state index is -0.121. The molecule has 1 amide bonds. The third-order valence-corrected chi connectivity index (χ3v) is 8.29. The number of carbonyl (C=O) groups excluding carboxylic acids is 1. The van der Waals surface area contributed by atoms with Gasteiger partial charge in [0.2, 0.25) is 11.7 Å². The molecule has 2 aliphatic rings. The summed E-state index contributed by atoms with van der Waals surface area (Å²) in [5.74, 6) is 1.12. The largest absolute Gasteiger partial charge is 0.379 e. The second-order valence-electron chi connectivity index (χ2n) is 11.0. The molecule has 1 aliphatic carbocycles. The zero-order valence-corrected chi connectivity index (χ0v) is 23.9. The molecule has 212 valence electrons. The fraction of sp³-hybridized carbons (Fsp3) is 0.406. The van der Waals surface area contributed by atoms with Gasteiger partial charge in [0.05, 0.1) is 30.0 Å². The fourth-order valence-corrected chi connectivity index (χ4v) is 6.38. The van der Waals surface area contributed by atoms with Crippen LogP contribution in [-0.2, 0) is 22.4 Å². The highest BCUT2D eigenvalue weighted by Gasteiger charge is 2.32. The molecule has 0 spiro atoms. The van der Waals surface area contributed by atoms with Gasteiger partial charge in [0.1, 0.15) is 5.82 Å². The summed E-state index contributed by atoms with van der Waals surface area (Å²) in [5.41, 5.74) is 8.83. The molecular weight excluding hydrogens is 516 g/mol. The van der Waals surface area contributed by atoms with Crippen LogP contribution in [0.4, 0.5) is 0 Å². The lowest BCUT2D eigenvalue weighted by Gasteiger charge is -2.32. The third-order valence-electron chi connectivity index (χ3n) is 8.29. The highest BCUT2D eigenvalue weighted by Crippen LogP contribution is 2.32. The molecule has 2 aromatic heterocycles. The van der Waals surface area contributed by atoms with Gasteiger partial charge in [-0.1, -0.05) is 68.7 Å². The Hall–Kier alpha value is -4.11. The molecular formula is C32H36N6O3. The van der Waals surface area contributed by atoms with E-state index in [0.717, 1.165) is 65.6 Å². The average Bonchev–Trinajstić information content (AvgIpc) is 3.60. The van der Waals surface area contributed by atoms with Crippen molar-refractivity contribution in [3.05, 3.63) is 87.1 Å². The molecule has 0 radical (unpaired) electrons. The van der Waals surface area contributed by atoms with Gasteiger partial charge in [0.25, 0.3) is 5.56 Å². The summed E-state index contributed by atoms with van der Waals surface area (Å²) in [4.78, 5) is 31.3. The molecule has 0 saturated heterocycles. The molecule has 1 N–H and O–H groups in total. The number of rotatable bonds is 8. The lowest BCUT2D eigenvalue weighted by atomic mass is 9.90. The van der Waals surface area contributed by atoms with Crippen molar-refractivity contribution >= 4 is 17.4 Å². The van der Waals surface area contributed by atoms with E-state index in [1.54, 1.807) is 7.11 Å². The number of nitrogens with zero attached hydrogens (tertiary/aromatic N) is 5. The van der Waals surface area contributed by atoms with Gasteiger partial charge in [0.15, 0.2) is 0 Å². The van der Waals surface area contributed by atoms with Crippen LogP contribution in [0.25, 0.3) is 16.9 Å². The number of nitrogens with one attached hydrogen (secondary N) is 1. The maximum Gasteiger partial charge on any atom is 0.259 e. The Morgan fingerprint density at radius 3 is 2.59 bits per heavy atom. The maximum absolute atomic E-state index is 14.5. The molecule has 1 saturated carbocycles. The Labute approximate surface area is 239 Å². The summed E-state index contributed by atoms with van der Waals surface area (Å²) < 4.78 is 9.62. The van der Waals surface area contributed by atoms with E-state index in [0.29, 0.717) is 30.2 Å². The van der Waals surface area contributed by atoms with E-state index in [-0.39, 0.29) is 30.0 Å². The van der Waals surface area contributed by atoms with Crippen LogP contribution < -0.4 is 11.0 Å². The maximum atomic E-state index is 14.5. The Morgan fingerprint density at radius 2 is 1.85 bits per heavy atom. The molecule has 1 fully saturated rings. The number of carbonyl (C=O) groups is 1. The lowest BCUT2D eigenvalue weighted by Crippen LogP contribution is -2.39. The van der Waals surface area contributed by atoms with Crippen molar-refractivity contribution in [2.45, 2.75) is 77.4 Å². The van der Waals surface area contributed by atoms with Gasteiger partial charge in [0, 0.05) is 24.7 Å². The minimum Gasteiger partial charge on any atom is -0.379 e. The van der Waals surface area contributed by atoms with Gasteiger partial charge < -0.3 is 4.74 Å². The van der Waals surface area contributed by atoms with E-state index in [1.807, 2.05) is 34.2 Å². The molecule has 2 unspecified atom stereocenters. The van der Waals surface area contributed by atoms with Crippen LogP contribution >= 0.6 is 0 Å². The summed E-state index contributed by atoms with van der Waals surface area (Å²) in [7, 11) is 1.73. The van der Waals surface area contributed by atoms with Crippen molar-refractivity contribution in [3.8, 4) is 11.1 Å². The molecule has 0 bridgehead atoms. The van der Waals surface area contributed by atoms with Crippen molar-refractivity contribution in [1.82, 2.24) is 24.6 Å². The molecule has 1 aliphatic heterocycles. The second-order valence-corrected chi connectivity index (χ2v) is 11.0. The van der Waals surface area contributed by atoms with Crippen molar-refractivity contribution < 1.29 is 9.53 Å². The Bertz CT molecular complexity index is 1690. The highest BCUT2D eigenvalue weighted by atomic mass is 16.5. The summed E-state index contributed by atoms with van der Waals surface area (Å²) in [6.07, 6.45) is 6.11. The Morgan fingerprint density at radius 1 is 1.05 bits per heavy atom. The molecule has 41 heavy (non-hydrogen) atoms. The normalized spacial score (nSPS) is 19.0. The van der Waals surface area contributed by atoms with E-state index in [4.69, 9.17) is 14.8 Å². The predicted molar refractivity (Wildman–Crippen MR) is 158 cm³/mol. The molecule has 2 aromatic carbocycles. The number of aryl methyl sites for hydroxylation is 2. The first-order valence-electron chi connectivity index (χ1n) is 14.5. The highest BCUT2D eigenvalue weighted by molar-refractivity contribution is 6.16. The van der Waals surface area contributed by atoms with Crippen LogP contribution in [-0.4, -0.2) is 44.0 Å². The first-order chi connectivity index (χ1) is 20.0. The van der Waals surface area contributed by atoms with Crippen LogP contribution in [0, 0.1) is 6.92 Å². The van der Waals surface area contributed by atoms with Crippen molar-refractivity contribution in [1.29, 1.82) is 0 Å². The number of hydrazone groups is 1. The molecule has 9 nitrogen and oxygen atoms in total. The number of methoxy groups -OCH3 is 1. The summed E-state index contributed by atoms with van der Waals surface area (Å²) in [6.45, 7) is 3.99. The molecule has 4 aromatic rings. The molecule has 2 atom stereocenters. The second kappa shape index (κ2) is 11.4. The fourth-order valence-electron chi connectivity index (χ4n) is 6.38. The first-order valence-corrected chi connectivity index (χ1v) is 14.5. The Kier molecular flexibility index (Phi) is 7.53. The lowest BCUT2D eigenvalue weighted by molar-refractivity contribution is -0.119. The average molecular weight is 553 g/mol. The summed E-state index contributed by atoms with van der Waals surface area (Å²) in [5, 5.41) is 9.10. The molecule has 3 heterocycles. The quantitative estimate of drug-likeness (QED) is 0.339. The molecule has 9 heteroatoms. The van der Waals surface area contributed by atoms with Crippen LogP contribution in [0.3, 0.4) is 0 Å². The van der Waals surface area contributed by atoms with Crippen molar-refractivity contribution in [2.75, 3.05) is 7.11 Å². The van der Waals surface area contributed by atoms with E-state index in [9.17, 15) is 9.59 Å². The van der Waals surface area contributed by atoms with Gasteiger partial charge in [-0.15, -0.1) is 0 Å². The number of hydrogen-bond acceptors (Lipinski definition) is 6. The first kappa shape index (κ1) is 27.1. The van der Waals surface area contributed by atoms with Gasteiger partial charge in [-0.2, -0.15) is 15.2 Å². The summed E-state index contributed by atoms with van der Waals surface area (Å²) in [6, 6.07) is 16.2. The topological polar surface area (TPSA) is 103 Å². The summed E-state index contributed by atoms with van der Waals surface area (Å²) >= 11 is 0. The number of ether oxygens (including phenoxy) is 1. The molecule has 6 rings (SSSR count). The van der Waals surface area contributed by atoms with Gasteiger partial charge >= 0.3 is 0 Å². The number of benzene rings is 2. The third kappa shape index (κ3) is 5.10. The predicted octanol–water partition coefficient (Wildman–Crippen LogP) is 4.76. The van der Waals surface area contributed by atoms with Gasteiger partial charge in [-0.3, -0.25) is 14.2 Å². The number of amides is 1. The van der Waals surface area contributed by atoms with Crippen LogP contribution in [0.2, 0.25) is 0 Å². The van der Waals surface area contributed by atoms with Crippen LogP contribution in [0.5, 0.6) is 0 Å². The monoisotopic (exact) mass is 552 g/mol. The van der Waals surface area contributed by atoms with Crippen LogP contribution in [0.15, 0.2) is 58.4 Å². The zero-order chi connectivity index (χ0) is 28.5. The van der Waals surface area contributed by atoms with Crippen molar-refractivity contribution in [2.24, 2.45) is 5.10 Å². The minimum absolute atomic E-state index is 0.0222. The van der Waals surface area contributed by atoms with E-state index in [1.165, 1.54) is 0 Å². The number of fused-ring (bicyclic) bond motifs is 1. The SMILES string of the molecule is CCCc1c(Cc2ccc(-c3ccccc3)c(C3=NNC(=O)C3)c2)c(=O)n(C2CCCCC2OC)c2nc(C)nn12. The van der Waals surface area contributed by atoms with Gasteiger partial charge in [-0.05, 0) is 48.9 Å². The van der Waals surface area contributed by atoms with E-state index in [2.05, 4.69) is 47.8 Å². The van der Waals surface area contributed by atoms with Crippen molar-refractivity contribution in [3.63, 3.8) is 0 Å². The zero-order valence-electron chi connectivity index (χ0n) is 23.9. The number of hydrogen-bond donors (Lipinski definition) is 1. The standard InChI is InChI=1S/C32H36N6O3/c1-4-10-27-25(31(40)37(32-33-20(2)36-38(27)32)28-13-8-9-14-29(28)41-3)18-21-15-16-23(22-11-6-5-7-12-22)24(17-21)26-19-30(39)35-34-26/h5-7,11-12,15-17,28-29H,4,8-10,13-14,18-19H2,1-3H3,(H,35,39). The van der Waals surface area contributed by atoms with E-state index >= 15 is 0 Å². The van der Waals surface area contributed by atoms with E-state index < -0.39 is 0 Å². The number of aromatic nitrogens is 4. The Balaban J connectivity index is 1.51. The van der Waals surface area contributed by atoms with Crippen LogP contribution in [0.1, 0.15) is 79.7 Å². The smallest absolute Gasteiger partial charge is 0.259 e.